The average Bonchev–Trinajstić information content (AvgIpc) is 2.14. The molecule has 0 fully saturated rings. The molecule has 0 aromatic carbocycles. The fourth-order valence-electron chi connectivity index (χ4n) is 2.01. The van der Waals surface area contributed by atoms with Crippen LogP contribution in [0, 0.1) is 0 Å². The van der Waals surface area contributed by atoms with E-state index in [-0.39, 0.29) is 5.60 Å². The minimum Gasteiger partial charge on any atom is -0.377 e. The molecule has 0 saturated heterocycles. The molecule has 0 heterocycles. The van der Waals surface area contributed by atoms with E-state index < -0.39 is 0 Å². The molecule has 0 saturated carbocycles. The number of nitrogens with one attached hydrogen (secondary N) is 1. The molecule has 74 valence electrons. The molecular formula is C10H23NO. The van der Waals surface area contributed by atoms with Crippen molar-refractivity contribution in [3.05, 3.63) is 0 Å². The highest BCUT2D eigenvalue weighted by atomic mass is 16.5. The highest BCUT2D eigenvalue weighted by molar-refractivity contribution is 4.89. The molecule has 0 rings (SSSR count). The molecule has 0 aromatic heterocycles. The third kappa shape index (κ3) is 2.20. The Hall–Kier alpha value is -0.0800. The van der Waals surface area contributed by atoms with Crippen molar-refractivity contribution in [3.63, 3.8) is 0 Å². The summed E-state index contributed by atoms with van der Waals surface area (Å²) in [5, 5.41) is 3.32. The number of likely N-dealkylation sites (N-methyl/N-ethyl adjacent to an activating group) is 1. The molecule has 1 N–H and O–H groups in total. The third-order valence-corrected chi connectivity index (χ3v) is 3.00. The zero-order valence-electron chi connectivity index (χ0n) is 9.11. The van der Waals surface area contributed by atoms with E-state index in [4.69, 9.17) is 4.74 Å². The quantitative estimate of drug-likeness (QED) is 0.665. The second-order valence-electron chi connectivity index (χ2n) is 3.23. The van der Waals surface area contributed by atoms with E-state index in [0.29, 0.717) is 6.04 Å². The summed E-state index contributed by atoms with van der Waals surface area (Å²) in [5.41, 5.74) is 0.0313. The Morgan fingerprint density at radius 2 is 1.75 bits per heavy atom. The second-order valence-corrected chi connectivity index (χ2v) is 3.23. The van der Waals surface area contributed by atoms with Gasteiger partial charge in [0.15, 0.2) is 0 Å². The van der Waals surface area contributed by atoms with Crippen LogP contribution in [0.1, 0.15) is 40.0 Å². The van der Waals surface area contributed by atoms with Crippen molar-refractivity contribution in [1.82, 2.24) is 5.32 Å². The van der Waals surface area contributed by atoms with E-state index >= 15 is 0 Å². The van der Waals surface area contributed by atoms with Crippen molar-refractivity contribution in [2.24, 2.45) is 0 Å². The van der Waals surface area contributed by atoms with Crippen LogP contribution in [-0.2, 0) is 4.74 Å². The zero-order chi connectivity index (χ0) is 9.61. The van der Waals surface area contributed by atoms with E-state index in [2.05, 4.69) is 26.1 Å². The van der Waals surface area contributed by atoms with Gasteiger partial charge in [-0.15, -0.1) is 0 Å². The van der Waals surface area contributed by atoms with E-state index in [1.54, 1.807) is 0 Å². The molecule has 0 aliphatic carbocycles. The Labute approximate surface area is 76.7 Å². The topological polar surface area (TPSA) is 21.3 Å². The van der Waals surface area contributed by atoms with Crippen LogP contribution < -0.4 is 5.32 Å². The molecule has 0 bridgehead atoms. The van der Waals surface area contributed by atoms with Crippen molar-refractivity contribution in [2.75, 3.05) is 14.2 Å². The van der Waals surface area contributed by atoms with Crippen LogP contribution in [0.25, 0.3) is 0 Å². The minimum absolute atomic E-state index is 0.0313. The van der Waals surface area contributed by atoms with Gasteiger partial charge < -0.3 is 10.1 Å². The Morgan fingerprint density at radius 3 is 1.83 bits per heavy atom. The molecule has 2 nitrogen and oxygen atoms in total. The fourth-order valence-corrected chi connectivity index (χ4v) is 2.01. The van der Waals surface area contributed by atoms with Crippen LogP contribution in [0.4, 0.5) is 0 Å². The molecule has 1 unspecified atom stereocenters. The summed E-state index contributed by atoms with van der Waals surface area (Å²) in [6.07, 6.45) is 3.25. The van der Waals surface area contributed by atoms with Crippen LogP contribution in [-0.4, -0.2) is 25.8 Å². The van der Waals surface area contributed by atoms with Gasteiger partial charge in [-0.25, -0.2) is 0 Å². The standard InChI is InChI=1S/C10H23NO/c1-6-9(11-4)10(7-2,8-3)12-5/h9,11H,6-8H2,1-5H3. The smallest absolute Gasteiger partial charge is 0.0825 e. The van der Waals surface area contributed by atoms with Gasteiger partial charge in [0.2, 0.25) is 0 Å². The Kier molecular flexibility index (Phi) is 5.51. The third-order valence-electron chi connectivity index (χ3n) is 3.00. The predicted molar refractivity (Wildman–Crippen MR) is 53.5 cm³/mol. The van der Waals surface area contributed by atoms with Gasteiger partial charge in [-0.05, 0) is 26.3 Å². The first-order valence-electron chi connectivity index (χ1n) is 4.93. The number of rotatable bonds is 6. The average molecular weight is 173 g/mol. The number of hydrogen-bond donors (Lipinski definition) is 1. The Bertz CT molecular complexity index is 98.1. The summed E-state index contributed by atoms with van der Waals surface area (Å²) in [6.45, 7) is 6.57. The molecule has 0 aromatic rings. The van der Waals surface area contributed by atoms with Crippen molar-refractivity contribution < 1.29 is 4.74 Å². The summed E-state index contributed by atoms with van der Waals surface area (Å²) in [5.74, 6) is 0. The molecule has 12 heavy (non-hydrogen) atoms. The van der Waals surface area contributed by atoms with Gasteiger partial charge in [-0.1, -0.05) is 20.8 Å². The predicted octanol–water partition coefficient (Wildman–Crippen LogP) is 2.19. The lowest BCUT2D eigenvalue weighted by Gasteiger charge is -2.37. The summed E-state index contributed by atoms with van der Waals surface area (Å²) < 4.78 is 5.62. The summed E-state index contributed by atoms with van der Waals surface area (Å²) in [4.78, 5) is 0. The van der Waals surface area contributed by atoms with Crippen LogP contribution in [0.5, 0.6) is 0 Å². The van der Waals surface area contributed by atoms with Crippen molar-refractivity contribution in [3.8, 4) is 0 Å². The molecular weight excluding hydrogens is 150 g/mol. The molecule has 1 atom stereocenters. The monoisotopic (exact) mass is 173 g/mol. The summed E-state index contributed by atoms with van der Waals surface area (Å²) in [7, 11) is 3.82. The lowest BCUT2D eigenvalue weighted by molar-refractivity contribution is -0.0464. The summed E-state index contributed by atoms with van der Waals surface area (Å²) >= 11 is 0. The Balaban J connectivity index is 4.42. The second kappa shape index (κ2) is 5.55. The van der Waals surface area contributed by atoms with E-state index in [0.717, 1.165) is 19.3 Å². The summed E-state index contributed by atoms with van der Waals surface area (Å²) in [6, 6.07) is 0.470. The van der Waals surface area contributed by atoms with Gasteiger partial charge in [0.25, 0.3) is 0 Å². The Morgan fingerprint density at radius 1 is 1.25 bits per heavy atom. The van der Waals surface area contributed by atoms with Crippen molar-refractivity contribution in [2.45, 2.75) is 51.7 Å². The van der Waals surface area contributed by atoms with E-state index in [9.17, 15) is 0 Å². The fraction of sp³-hybridized carbons (Fsp3) is 1.00. The van der Waals surface area contributed by atoms with E-state index in [1.807, 2.05) is 14.2 Å². The van der Waals surface area contributed by atoms with Gasteiger partial charge in [0, 0.05) is 13.2 Å². The maximum absolute atomic E-state index is 5.62. The molecule has 0 aliphatic heterocycles. The first kappa shape index (κ1) is 11.9. The first-order valence-corrected chi connectivity index (χ1v) is 4.93. The highest BCUT2D eigenvalue weighted by Crippen LogP contribution is 2.25. The molecule has 0 aliphatic rings. The van der Waals surface area contributed by atoms with Gasteiger partial charge in [0.1, 0.15) is 0 Å². The highest BCUT2D eigenvalue weighted by Gasteiger charge is 2.33. The largest absolute Gasteiger partial charge is 0.377 e. The van der Waals surface area contributed by atoms with Crippen LogP contribution in [0.3, 0.4) is 0 Å². The minimum atomic E-state index is 0.0313. The number of hydrogen-bond acceptors (Lipinski definition) is 2. The number of methoxy groups -OCH3 is 1. The molecule has 2 heteroatoms. The number of ether oxygens (including phenoxy) is 1. The normalized spacial score (nSPS) is 14.8. The molecule has 0 radical (unpaired) electrons. The first-order chi connectivity index (χ1) is 5.70. The van der Waals surface area contributed by atoms with Gasteiger partial charge >= 0.3 is 0 Å². The zero-order valence-corrected chi connectivity index (χ0v) is 9.11. The van der Waals surface area contributed by atoms with Crippen LogP contribution in [0.15, 0.2) is 0 Å². The maximum atomic E-state index is 5.62. The molecule has 0 amide bonds. The lowest BCUT2D eigenvalue weighted by Crippen LogP contribution is -2.49. The van der Waals surface area contributed by atoms with Crippen LogP contribution >= 0.6 is 0 Å². The van der Waals surface area contributed by atoms with E-state index in [1.165, 1.54) is 0 Å². The van der Waals surface area contributed by atoms with Crippen molar-refractivity contribution >= 4 is 0 Å². The maximum Gasteiger partial charge on any atom is 0.0825 e. The van der Waals surface area contributed by atoms with Crippen molar-refractivity contribution in [1.29, 1.82) is 0 Å². The van der Waals surface area contributed by atoms with Gasteiger partial charge in [-0.3, -0.25) is 0 Å². The SMILES string of the molecule is CCC(NC)C(CC)(CC)OC. The van der Waals surface area contributed by atoms with Gasteiger partial charge in [-0.2, -0.15) is 0 Å². The van der Waals surface area contributed by atoms with Crippen LogP contribution in [0.2, 0.25) is 0 Å². The lowest BCUT2D eigenvalue weighted by atomic mass is 9.87. The van der Waals surface area contributed by atoms with Gasteiger partial charge in [0.05, 0.1) is 5.60 Å². The molecule has 0 spiro atoms.